The molecule has 0 aliphatic heterocycles. The van der Waals surface area contributed by atoms with Gasteiger partial charge in [-0.3, -0.25) is 0 Å². The summed E-state index contributed by atoms with van der Waals surface area (Å²) in [7, 11) is 0. The zero-order chi connectivity index (χ0) is 9.52. The van der Waals surface area contributed by atoms with E-state index in [-0.39, 0.29) is 5.38 Å². The molecule has 1 rings (SSSR count). The van der Waals surface area contributed by atoms with E-state index in [2.05, 4.69) is 6.08 Å². The molecule has 0 saturated heterocycles. The van der Waals surface area contributed by atoms with Gasteiger partial charge in [0.25, 0.3) is 0 Å². The maximum Gasteiger partial charge on any atom is 0.0518 e. The summed E-state index contributed by atoms with van der Waals surface area (Å²) in [5.74, 6) is 0. The number of hydrogen-bond acceptors (Lipinski definition) is 1. The van der Waals surface area contributed by atoms with E-state index in [1.807, 2.05) is 6.92 Å². The fraction of sp³-hybridized carbons (Fsp3) is 0.818. The molecule has 1 nitrogen and oxygen atoms in total. The highest BCUT2D eigenvalue weighted by Crippen LogP contribution is 2.24. The van der Waals surface area contributed by atoms with Crippen molar-refractivity contribution in [3.63, 3.8) is 0 Å². The lowest BCUT2D eigenvalue weighted by Crippen LogP contribution is -2.04. The Morgan fingerprint density at radius 2 is 2.46 bits per heavy atom. The van der Waals surface area contributed by atoms with Crippen LogP contribution in [-0.4, -0.2) is 18.6 Å². The molecule has 0 spiro atoms. The molecule has 1 aliphatic rings. The molecule has 0 radical (unpaired) electrons. The maximum absolute atomic E-state index is 6.04. The van der Waals surface area contributed by atoms with Crippen molar-refractivity contribution in [2.45, 2.75) is 44.4 Å². The van der Waals surface area contributed by atoms with Crippen molar-refractivity contribution >= 4 is 11.6 Å². The molecule has 0 amide bonds. The Morgan fingerprint density at radius 1 is 1.62 bits per heavy atom. The number of hydrogen-bond donors (Lipinski definition) is 0. The van der Waals surface area contributed by atoms with Gasteiger partial charge in [-0.25, -0.2) is 0 Å². The summed E-state index contributed by atoms with van der Waals surface area (Å²) in [5, 5.41) is 0.288. The lowest BCUT2D eigenvalue weighted by atomic mass is 9.96. The average molecular weight is 203 g/mol. The van der Waals surface area contributed by atoms with E-state index in [0.29, 0.717) is 0 Å². The van der Waals surface area contributed by atoms with Crippen LogP contribution in [0.15, 0.2) is 11.6 Å². The summed E-state index contributed by atoms with van der Waals surface area (Å²) in [4.78, 5) is 0. The lowest BCUT2D eigenvalue weighted by Gasteiger charge is -2.16. The van der Waals surface area contributed by atoms with Crippen LogP contribution in [0.1, 0.15) is 39.0 Å². The van der Waals surface area contributed by atoms with Crippen molar-refractivity contribution in [2.75, 3.05) is 13.2 Å². The predicted molar refractivity (Wildman–Crippen MR) is 57.3 cm³/mol. The van der Waals surface area contributed by atoms with Gasteiger partial charge in [0.1, 0.15) is 0 Å². The lowest BCUT2D eigenvalue weighted by molar-refractivity contribution is 0.145. The van der Waals surface area contributed by atoms with Crippen LogP contribution in [0.25, 0.3) is 0 Å². The van der Waals surface area contributed by atoms with Gasteiger partial charge in [-0.1, -0.05) is 11.6 Å². The average Bonchev–Trinajstić information content (AvgIpc) is 2.13. The summed E-state index contributed by atoms with van der Waals surface area (Å²) >= 11 is 6.04. The highest BCUT2D eigenvalue weighted by atomic mass is 35.5. The topological polar surface area (TPSA) is 9.23 Å². The smallest absolute Gasteiger partial charge is 0.0518 e. The van der Waals surface area contributed by atoms with Crippen LogP contribution in [0.5, 0.6) is 0 Å². The summed E-state index contributed by atoms with van der Waals surface area (Å²) in [6.07, 6.45) is 8.20. The van der Waals surface area contributed by atoms with E-state index >= 15 is 0 Å². The largest absolute Gasteiger partial charge is 0.382 e. The molecule has 13 heavy (non-hydrogen) atoms. The second-order valence-corrected chi connectivity index (χ2v) is 4.09. The summed E-state index contributed by atoms with van der Waals surface area (Å²) in [6.45, 7) is 3.76. The molecule has 0 saturated carbocycles. The van der Waals surface area contributed by atoms with E-state index in [9.17, 15) is 0 Å². The van der Waals surface area contributed by atoms with Crippen LogP contribution in [0.2, 0.25) is 0 Å². The first-order chi connectivity index (χ1) is 6.33. The van der Waals surface area contributed by atoms with Crippen molar-refractivity contribution in [3.8, 4) is 0 Å². The Bertz CT molecular complexity index is 165. The van der Waals surface area contributed by atoms with Gasteiger partial charge in [-0.15, -0.1) is 11.6 Å². The van der Waals surface area contributed by atoms with Crippen molar-refractivity contribution in [1.29, 1.82) is 0 Å². The van der Waals surface area contributed by atoms with Gasteiger partial charge in [0.2, 0.25) is 0 Å². The molecule has 0 aromatic rings. The molecular weight excluding hydrogens is 184 g/mol. The summed E-state index contributed by atoms with van der Waals surface area (Å²) < 4.78 is 5.29. The van der Waals surface area contributed by atoms with Crippen molar-refractivity contribution in [3.05, 3.63) is 11.6 Å². The molecule has 1 unspecified atom stereocenters. The van der Waals surface area contributed by atoms with Crippen molar-refractivity contribution in [2.24, 2.45) is 0 Å². The molecule has 1 aliphatic carbocycles. The van der Waals surface area contributed by atoms with Gasteiger partial charge in [-0.2, -0.15) is 0 Å². The Labute approximate surface area is 86.1 Å². The Hall–Kier alpha value is -0.0100. The van der Waals surface area contributed by atoms with E-state index in [0.717, 1.165) is 26.1 Å². The van der Waals surface area contributed by atoms with Crippen molar-refractivity contribution in [1.82, 2.24) is 0 Å². The minimum atomic E-state index is 0.288. The van der Waals surface area contributed by atoms with Gasteiger partial charge >= 0.3 is 0 Å². The first-order valence-electron chi connectivity index (χ1n) is 5.24. The van der Waals surface area contributed by atoms with Gasteiger partial charge < -0.3 is 4.74 Å². The minimum absolute atomic E-state index is 0.288. The van der Waals surface area contributed by atoms with Crippen molar-refractivity contribution < 1.29 is 4.74 Å². The van der Waals surface area contributed by atoms with Crippen LogP contribution in [0.3, 0.4) is 0 Å². The Morgan fingerprint density at radius 3 is 3.15 bits per heavy atom. The molecule has 0 N–H and O–H groups in total. The standard InChI is InChI=1S/C11H19ClO/c1-2-13-8-4-6-10-5-3-7-11(12)9-10/h9,11H,2-8H2,1H3. The Kier molecular flexibility index (Phi) is 5.49. The molecular formula is C11H19ClO. The van der Waals surface area contributed by atoms with Crippen LogP contribution in [0.4, 0.5) is 0 Å². The van der Waals surface area contributed by atoms with E-state index in [1.165, 1.54) is 24.8 Å². The van der Waals surface area contributed by atoms with Crippen LogP contribution in [0, 0.1) is 0 Å². The molecule has 0 aromatic heterocycles. The molecule has 0 aromatic carbocycles. The van der Waals surface area contributed by atoms with E-state index in [4.69, 9.17) is 16.3 Å². The zero-order valence-corrected chi connectivity index (χ0v) is 9.15. The summed E-state index contributed by atoms with van der Waals surface area (Å²) in [6, 6.07) is 0. The molecule has 0 bridgehead atoms. The number of halogens is 1. The fourth-order valence-electron chi connectivity index (χ4n) is 1.70. The third-order valence-corrected chi connectivity index (χ3v) is 2.73. The first-order valence-corrected chi connectivity index (χ1v) is 5.68. The highest BCUT2D eigenvalue weighted by molar-refractivity contribution is 6.21. The quantitative estimate of drug-likeness (QED) is 0.377. The number of alkyl halides is 1. The van der Waals surface area contributed by atoms with Gasteiger partial charge in [0.05, 0.1) is 5.38 Å². The Balaban J connectivity index is 2.13. The molecule has 0 fully saturated rings. The number of allylic oxidation sites excluding steroid dienone is 2. The maximum atomic E-state index is 6.04. The molecule has 0 heterocycles. The van der Waals surface area contributed by atoms with Gasteiger partial charge in [0.15, 0.2) is 0 Å². The zero-order valence-electron chi connectivity index (χ0n) is 8.39. The van der Waals surface area contributed by atoms with E-state index in [1.54, 1.807) is 0 Å². The normalized spacial score (nSPS) is 22.9. The highest BCUT2D eigenvalue weighted by Gasteiger charge is 2.10. The monoisotopic (exact) mass is 202 g/mol. The third kappa shape index (κ3) is 4.68. The molecule has 2 heteroatoms. The van der Waals surface area contributed by atoms with Gasteiger partial charge in [-0.05, 0) is 39.0 Å². The van der Waals surface area contributed by atoms with Crippen LogP contribution >= 0.6 is 11.6 Å². The fourth-order valence-corrected chi connectivity index (χ4v) is 2.03. The first kappa shape index (κ1) is 11.1. The van der Waals surface area contributed by atoms with E-state index < -0.39 is 0 Å². The predicted octanol–water partition coefficient (Wildman–Crippen LogP) is 3.52. The SMILES string of the molecule is CCOCCCC1=CC(Cl)CCC1. The number of ether oxygens (including phenoxy) is 1. The van der Waals surface area contributed by atoms with Crippen LogP contribution < -0.4 is 0 Å². The summed E-state index contributed by atoms with van der Waals surface area (Å²) in [5.41, 5.74) is 1.53. The molecule has 76 valence electrons. The minimum Gasteiger partial charge on any atom is -0.382 e. The molecule has 1 atom stereocenters. The second-order valence-electron chi connectivity index (χ2n) is 3.53. The van der Waals surface area contributed by atoms with Crippen LogP contribution in [-0.2, 0) is 4.74 Å². The number of rotatable bonds is 5. The second kappa shape index (κ2) is 6.44. The third-order valence-electron chi connectivity index (χ3n) is 2.39. The van der Waals surface area contributed by atoms with Gasteiger partial charge in [0, 0.05) is 13.2 Å².